The van der Waals surface area contributed by atoms with Crippen LogP contribution in [0.1, 0.15) is 54.2 Å². The minimum atomic E-state index is -0.412. The topological polar surface area (TPSA) is 46.6 Å². The second-order valence-corrected chi connectivity index (χ2v) is 9.05. The van der Waals surface area contributed by atoms with Crippen molar-refractivity contribution in [2.45, 2.75) is 39.3 Å². The molecule has 1 saturated heterocycles. The Morgan fingerprint density at radius 1 is 0.795 bits per heavy atom. The monoisotopic (exact) mass is 527 g/mol. The van der Waals surface area contributed by atoms with Crippen molar-refractivity contribution in [2.24, 2.45) is 5.92 Å². The summed E-state index contributed by atoms with van der Waals surface area (Å²) < 4.78 is 32.6. The fraction of sp³-hybridized carbons (Fsp3) is 0.212. The largest absolute Gasteiger partial charge is 0.489 e. The van der Waals surface area contributed by atoms with Crippen LogP contribution in [0.15, 0.2) is 103 Å². The number of carbonyl (C=O) groups is 2. The molecule has 1 aliphatic heterocycles. The van der Waals surface area contributed by atoms with Crippen LogP contribution in [0.2, 0.25) is 0 Å². The maximum Gasteiger partial charge on any atom is 0.233 e. The zero-order chi connectivity index (χ0) is 27.8. The maximum absolute atomic E-state index is 13.5. The number of ether oxygens (including phenoxy) is 1. The van der Waals surface area contributed by atoms with Crippen LogP contribution < -0.4 is 9.64 Å². The van der Waals surface area contributed by atoms with Crippen molar-refractivity contribution in [3.63, 3.8) is 0 Å². The molecular weight excluding hydrogens is 496 g/mol. The van der Waals surface area contributed by atoms with E-state index in [4.69, 9.17) is 4.74 Å². The molecule has 4 nitrogen and oxygen atoms in total. The Morgan fingerprint density at radius 3 is 2.00 bits per heavy atom. The van der Waals surface area contributed by atoms with Gasteiger partial charge in [0.25, 0.3) is 0 Å². The Balaban J connectivity index is 0.00000172. The molecule has 200 valence electrons. The van der Waals surface area contributed by atoms with E-state index < -0.39 is 11.7 Å². The molecule has 1 heterocycles. The Hall–Kier alpha value is -4.32. The van der Waals surface area contributed by atoms with Crippen LogP contribution in [0.4, 0.5) is 14.5 Å². The summed E-state index contributed by atoms with van der Waals surface area (Å²) in [5, 5.41) is 0. The van der Waals surface area contributed by atoms with E-state index in [-0.39, 0.29) is 30.0 Å². The second kappa shape index (κ2) is 13.0. The minimum Gasteiger partial charge on any atom is -0.489 e. The molecule has 1 aliphatic rings. The summed E-state index contributed by atoms with van der Waals surface area (Å²) in [6, 6.07) is 28.3. The summed E-state index contributed by atoms with van der Waals surface area (Å²) in [4.78, 5) is 27.5. The number of nitrogens with zero attached hydrogens (tertiary/aromatic N) is 1. The highest BCUT2D eigenvalue weighted by molar-refractivity contribution is 6.04. The minimum absolute atomic E-state index is 0.118. The van der Waals surface area contributed by atoms with Crippen molar-refractivity contribution in [2.75, 3.05) is 4.90 Å². The summed E-state index contributed by atoms with van der Waals surface area (Å²) >= 11 is 0. The number of hydrogen-bond donors (Lipinski definition) is 0. The predicted molar refractivity (Wildman–Crippen MR) is 149 cm³/mol. The molecule has 0 N–H and O–H groups in total. The van der Waals surface area contributed by atoms with Gasteiger partial charge in [0.2, 0.25) is 5.91 Å². The van der Waals surface area contributed by atoms with Gasteiger partial charge in [0.05, 0.1) is 12.0 Å². The Morgan fingerprint density at radius 2 is 1.38 bits per heavy atom. The van der Waals surface area contributed by atoms with Gasteiger partial charge < -0.3 is 9.64 Å². The molecule has 5 rings (SSSR count). The molecule has 0 aliphatic carbocycles. The number of rotatable bonds is 9. The van der Waals surface area contributed by atoms with Crippen LogP contribution in [-0.4, -0.2) is 11.7 Å². The number of carbonyl (C=O) groups excluding carboxylic acids is 2. The van der Waals surface area contributed by atoms with Crippen LogP contribution in [0, 0.1) is 17.6 Å². The van der Waals surface area contributed by atoms with Crippen LogP contribution in [-0.2, 0) is 11.4 Å². The number of benzene rings is 4. The number of Topliss-reactive ketones (excluding diaryl/α,β-unsaturated/α-hetero) is 1. The first-order valence-corrected chi connectivity index (χ1v) is 13.1. The SMILES string of the molecule is CC.O=C(CC[C@H]1C(=O)N(c2ccc(F)cc2)[C@@H]1c1ccc(OCc2ccccc2)cc1)c1ccc(F)cc1. The van der Waals surface area contributed by atoms with Gasteiger partial charge in [-0.3, -0.25) is 9.59 Å². The van der Waals surface area contributed by atoms with Crippen LogP contribution >= 0.6 is 0 Å². The van der Waals surface area contributed by atoms with E-state index >= 15 is 0 Å². The predicted octanol–water partition coefficient (Wildman–Crippen LogP) is 7.94. The lowest BCUT2D eigenvalue weighted by molar-refractivity contribution is -0.130. The number of amides is 1. The van der Waals surface area contributed by atoms with Gasteiger partial charge in [-0.05, 0) is 78.2 Å². The number of hydrogen-bond acceptors (Lipinski definition) is 3. The lowest BCUT2D eigenvalue weighted by Crippen LogP contribution is -2.55. The van der Waals surface area contributed by atoms with Crippen molar-refractivity contribution < 1.29 is 23.1 Å². The summed E-state index contributed by atoms with van der Waals surface area (Å²) in [6.07, 6.45) is 0.512. The summed E-state index contributed by atoms with van der Waals surface area (Å²) in [5.41, 5.74) is 2.97. The van der Waals surface area contributed by atoms with Crippen LogP contribution in [0.5, 0.6) is 5.75 Å². The molecule has 4 aromatic rings. The quantitative estimate of drug-likeness (QED) is 0.164. The van der Waals surface area contributed by atoms with Crippen molar-refractivity contribution in [3.8, 4) is 5.75 Å². The number of ketones is 1. The first-order chi connectivity index (χ1) is 19.0. The van der Waals surface area contributed by atoms with E-state index in [9.17, 15) is 18.4 Å². The van der Waals surface area contributed by atoms with E-state index in [1.807, 2.05) is 68.4 Å². The summed E-state index contributed by atoms with van der Waals surface area (Å²) in [6.45, 7) is 4.44. The fourth-order valence-corrected chi connectivity index (χ4v) is 4.67. The van der Waals surface area contributed by atoms with Crippen molar-refractivity contribution in [1.82, 2.24) is 0 Å². The Labute approximate surface area is 227 Å². The van der Waals surface area contributed by atoms with Crippen LogP contribution in [0.25, 0.3) is 0 Å². The third-order valence-electron chi connectivity index (χ3n) is 6.64. The molecule has 1 amide bonds. The molecule has 1 fully saturated rings. The third kappa shape index (κ3) is 6.58. The molecule has 6 heteroatoms. The van der Waals surface area contributed by atoms with Gasteiger partial charge in [-0.2, -0.15) is 0 Å². The van der Waals surface area contributed by atoms with Crippen LogP contribution in [0.3, 0.4) is 0 Å². The summed E-state index contributed by atoms with van der Waals surface area (Å²) in [7, 11) is 0. The number of halogens is 2. The highest BCUT2D eigenvalue weighted by atomic mass is 19.1. The third-order valence-corrected chi connectivity index (χ3v) is 6.64. The number of β-lactam (4-membered cyclic amide) rings is 1. The molecule has 0 radical (unpaired) electrons. The molecule has 0 unspecified atom stereocenters. The smallest absolute Gasteiger partial charge is 0.233 e. The lowest BCUT2D eigenvalue weighted by Gasteiger charge is -2.47. The maximum atomic E-state index is 13.5. The zero-order valence-corrected chi connectivity index (χ0v) is 22.0. The Bertz CT molecular complexity index is 1370. The second-order valence-electron chi connectivity index (χ2n) is 9.05. The van der Waals surface area contributed by atoms with Crippen molar-refractivity contribution in [1.29, 1.82) is 0 Å². The van der Waals surface area contributed by atoms with Gasteiger partial charge in [0.1, 0.15) is 24.0 Å². The van der Waals surface area contributed by atoms with Gasteiger partial charge in [0.15, 0.2) is 5.78 Å². The average Bonchev–Trinajstić information content (AvgIpc) is 2.98. The Kier molecular flexibility index (Phi) is 9.21. The van der Waals surface area contributed by atoms with Gasteiger partial charge in [-0.1, -0.05) is 56.3 Å². The first-order valence-electron chi connectivity index (χ1n) is 13.1. The highest BCUT2D eigenvalue weighted by Crippen LogP contribution is 2.46. The van der Waals surface area contributed by atoms with Gasteiger partial charge in [0, 0.05) is 17.7 Å². The highest BCUT2D eigenvalue weighted by Gasteiger charge is 2.48. The molecule has 39 heavy (non-hydrogen) atoms. The zero-order valence-electron chi connectivity index (χ0n) is 22.0. The standard InChI is InChI=1S/C31H25F2NO3.C2H6/c32-24-10-6-22(7-11-24)29(35)19-18-28-30(34(31(28)36)26-14-12-25(33)13-15-26)23-8-16-27(17-9-23)37-20-21-4-2-1-3-5-21;1-2/h1-17,28,30H,18-20H2;1-2H3/t28-,30-;/m1./s1. The molecule has 2 atom stereocenters. The van der Waals surface area contributed by atoms with E-state index in [1.165, 1.54) is 36.4 Å². The van der Waals surface area contributed by atoms with E-state index in [1.54, 1.807) is 17.0 Å². The van der Waals surface area contributed by atoms with Crippen molar-refractivity contribution in [3.05, 3.63) is 131 Å². The lowest BCUT2D eigenvalue weighted by atomic mass is 9.78. The molecule has 0 saturated carbocycles. The first kappa shape index (κ1) is 27.7. The van der Waals surface area contributed by atoms with Gasteiger partial charge >= 0.3 is 0 Å². The van der Waals surface area contributed by atoms with Crippen molar-refractivity contribution >= 4 is 17.4 Å². The van der Waals surface area contributed by atoms with E-state index in [0.29, 0.717) is 30.0 Å². The van der Waals surface area contributed by atoms with Gasteiger partial charge in [-0.25, -0.2) is 8.78 Å². The summed E-state index contributed by atoms with van der Waals surface area (Å²) in [5.74, 6) is -0.754. The average molecular weight is 528 g/mol. The fourth-order valence-electron chi connectivity index (χ4n) is 4.67. The molecular formula is C33H31F2NO3. The molecule has 0 spiro atoms. The molecule has 0 bridgehead atoms. The van der Waals surface area contributed by atoms with E-state index in [0.717, 1.165) is 11.1 Å². The number of anilines is 1. The van der Waals surface area contributed by atoms with E-state index in [2.05, 4.69) is 0 Å². The molecule has 4 aromatic carbocycles. The van der Waals surface area contributed by atoms with Gasteiger partial charge in [-0.15, -0.1) is 0 Å². The molecule has 0 aromatic heterocycles. The normalized spacial score (nSPS) is 16.1.